The third-order valence-electron chi connectivity index (χ3n) is 3.57. The van der Waals surface area contributed by atoms with Gasteiger partial charge in [-0.3, -0.25) is 4.79 Å². The quantitative estimate of drug-likeness (QED) is 0.799. The Bertz CT molecular complexity index is 606. The molecule has 1 heterocycles. The highest BCUT2D eigenvalue weighted by Gasteiger charge is 2.20. The van der Waals surface area contributed by atoms with Crippen LogP contribution in [-0.4, -0.2) is 17.0 Å². The van der Waals surface area contributed by atoms with Gasteiger partial charge < -0.3 is 10.1 Å². The lowest BCUT2D eigenvalue weighted by molar-refractivity contribution is -0.116. The molecule has 124 valence electrons. The largest absolute Gasteiger partial charge is 0.491 e. The molecule has 4 nitrogen and oxygen atoms in total. The molecule has 0 spiro atoms. The lowest BCUT2D eigenvalue weighted by Gasteiger charge is -2.21. The third kappa shape index (κ3) is 5.36. The number of nitrogens with zero attached hydrogens (tertiary/aromatic N) is 1. The van der Waals surface area contributed by atoms with Crippen LogP contribution < -0.4 is 10.1 Å². The Kier molecular flexibility index (Phi) is 6.16. The van der Waals surface area contributed by atoms with Gasteiger partial charge in [-0.2, -0.15) is 0 Å². The molecule has 1 amide bonds. The maximum Gasteiger partial charge on any atom is 0.226 e. The molecule has 1 N–H and O–H groups in total. The Morgan fingerprint density at radius 2 is 1.91 bits per heavy atom. The minimum absolute atomic E-state index is 0.00107. The van der Waals surface area contributed by atoms with Crippen molar-refractivity contribution in [3.05, 3.63) is 41.4 Å². The van der Waals surface area contributed by atoms with Crippen LogP contribution in [-0.2, 0) is 4.79 Å². The fourth-order valence-corrected chi connectivity index (χ4v) is 3.00. The highest BCUT2D eigenvalue weighted by molar-refractivity contribution is 7.13. The number of hydrogen-bond donors (Lipinski definition) is 1. The lowest BCUT2D eigenvalue weighted by Crippen LogP contribution is -2.18. The van der Waals surface area contributed by atoms with Crippen molar-refractivity contribution in [2.75, 3.05) is 5.32 Å². The lowest BCUT2D eigenvalue weighted by atomic mass is 9.85. The van der Waals surface area contributed by atoms with Crippen molar-refractivity contribution >= 4 is 22.4 Å². The van der Waals surface area contributed by atoms with Crippen LogP contribution in [0.3, 0.4) is 0 Å². The zero-order valence-electron chi connectivity index (χ0n) is 14.1. The number of amides is 1. The summed E-state index contributed by atoms with van der Waals surface area (Å²) in [4.78, 5) is 16.3. The van der Waals surface area contributed by atoms with E-state index in [2.05, 4.69) is 36.3 Å². The second-order valence-corrected chi connectivity index (χ2v) is 7.07. The Morgan fingerprint density at radius 3 is 2.43 bits per heavy atom. The average molecular weight is 332 g/mol. The fourth-order valence-electron chi connectivity index (χ4n) is 2.46. The van der Waals surface area contributed by atoms with E-state index in [9.17, 15) is 4.79 Å². The maximum atomic E-state index is 12.2. The first kappa shape index (κ1) is 17.5. The number of nitrogens with one attached hydrogen (secondary N) is 1. The second kappa shape index (κ2) is 8.11. The smallest absolute Gasteiger partial charge is 0.226 e. The minimum Gasteiger partial charge on any atom is -0.491 e. The van der Waals surface area contributed by atoms with Gasteiger partial charge in [-0.15, -0.1) is 11.3 Å². The van der Waals surface area contributed by atoms with Crippen molar-refractivity contribution < 1.29 is 9.53 Å². The fraction of sp³-hybridized carbons (Fsp3) is 0.444. The van der Waals surface area contributed by atoms with Gasteiger partial charge in [0.1, 0.15) is 5.75 Å². The molecule has 1 aromatic carbocycles. The molecule has 0 bridgehead atoms. The molecule has 23 heavy (non-hydrogen) atoms. The van der Waals surface area contributed by atoms with Gasteiger partial charge in [0.2, 0.25) is 5.91 Å². The molecule has 1 atom stereocenters. The molecule has 0 aliphatic carbocycles. The van der Waals surface area contributed by atoms with E-state index in [1.165, 1.54) is 11.3 Å². The molecule has 0 saturated carbocycles. The van der Waals surface area contributed by atoms with Crippen molar-refractivity contribution in [2.24, 2.45) is 5.92 Å². The number of thiazole rings is 1. The standard InChI is InChI=1S/C18H24N2O2S/c1-12(2)16(11-17(21)20-18-19-9-10-23-18)14-5-7-15(8-6-14)22-13(3)4/h5-10,12-13,16H,11H2,1-4H3,(H,19,20,21)/t16-/m1/s1. The van der Waals surface area contributed by atoms with Gasteiger partial charge in [0, 0.05) is 18.0 Å². The topological polar surface area (TPSA) is 51.2 Å². The first-order valence-corrected chi connectivity index (χ1v) is 8.79. The number of carbonyl (C=O) groups excluding carboxylic acids is 1. The highest BCUT2D eigenvalue weighted by atomic mass is 32.1. The van der Waals surface area contributed by atoms with E-state index in [1.54, 1.807) is 6.20 Å². The summed E-state index contributed by atoms with van der Waals surface area (Å²) in [7, 11) is 0. The molecule has 2 aromatic rings. The van der Waals surface area contributed by atoms with Gasteiger partial charge in [0.25, 0.3) is 0 Å². The van der Waals surface area contributed by atoms with E-state index < -0.39 is 0 Å². The number of anilines is 1. The summed E-state index contributed by atoms with van der Waals surface area (Å²) in [5, 5.41) is 5.36. The van der Waals surface area contributed by atoms with Gasteiger partial charge in [-0.1, -0.05) is 26.0 Å². The highest BCUT2D eigenvalue weighted by Crippen LogP contribution is 2.30. The predicted octanol–water partition coefficient (Wildman–Crippen LogP) is 4.70. The summed E-state index contributed by atoms with van der Waals surface area (Å²) >= 11 is 1.43. The Hall–Kier alpha value is -1.88. The molecular weight excluding hydrogens is 308 g/mol. The normalized spacial score (nSPS) is 12.4. The molecule has 0 aliphatic heterocycles. The number of rotatable bonds is 7. The Balaban J connectivity index is 2.04. The molecule has 0 aliphatic rings. The van der Waals surface area contributed by atoms with E-state index in [0.29, 0.717) is 17.5 Å². The van der Waals surface area contributed by atoms with Crippen LogP contribution in [0.5, 0.6) is 5.75 Å². The van der Waals surface area contributed by atoms with Crippen molar-refractivity contribution in [3.63, 3.8) is 0 Å². The molecule has 0 unspecified atom stereocenters. The summed E-state index contributed by atoms with van der Waals surface area (Å²) in [5.41, 5.74) is 1.16. The third-order valence-corrected chi connectivity index (χ3v) is 4.26. The average Bonchev–Trinajstić information content (AvgIpc) is 2.98. The molecule has 0 radical (unpaired) electrons. The molecule has 5 heteroatoms. The first-order chi connectivity index (χ1) is 11.0. The molecule has 0 fully saturated rings. The number of hydrogen-bond acceptors (Lipinski definition) is 4. The predicted molar refractivity (Wildman–Crippen MR) is 95.1 cm³/mol. The van der Waals surface area contributed by atoms with E-state index >= 15 is 0 Å². The second-order valence-electron chi connectivity index (χ2n) is 6.18. The van der Waals surface area contributed by atoms with E-state index in [0.717, 1.165) is 11.3 Å². The zero-order valence-corrected chi connectivity index (χ0v) is 14.9. The van der Waals surface area contributed by atoms with Crippen LogP contribution >= 0.6 is 11.3 Å². The molecular formula is C18H24N2O2S. The van der Waals surface area contributed by atoms with E-state index in [1.807, 2.05) is 31.4 Å². The van der Waals surface area contributed by atoms with E-state index in [-0.39, 0.29) is 17.9 Å². The SMILES string of the molecule is CC(C)Oc1ccc([C@H](CC(=O)Nc2nccs2)C(C)C)cc1. The van der Waals surface area contributed by atoms with Crippen molar-refractivity contribution in [3.8, 4) is 5.75 Å². The van der Waals surface area contributed by atoms with Gasteiger partial charge in [0.15, 0.2) is 5.13 Å². The maximum absolute atomic E-state index is 12.2. The van der Waals surface area contributed by atoms with Crippen molar-refractivity contribution in [2.45, 2.75) is 46.1 Å². The molecule has 1 aromatic heterocycles. The van der Waals surface area contributed by atoms with Gasteiger partial charge in [0.05, 0.1) is 6.10 Å². The van der Waals surface area contributed by atoms with E-state index in [4.69, 9.17) is 4.74 Å². The zero-order chi connectivity index (χ0) is 16.8. The number of carbonyl (C=O) groups is 1. The number of benzene rings is 1. The summed E-state index contributed by atoms with van der Waals surface area (Å²) in [6, 6.07) is 8.06. The Morgan fingerprint density at radius 1 is 1.22 bits per heavy atom. The molecule has 0 saturated heterocycles. The summed E-state index contributed by atoms with van der Waals surface area (Å²) in [6.07, 6.45) is 2.29. The van der Waals surface area contributed by atoms with Crippen LogP contribution in [0.2, 0.25) is 0 Å². The number of ether oxygens (including phenoxy) is 1. The van der Waals surface area contributed by atoms with Crippen LogP contribution in [0.1, 0.15) is 45.6 Å². The van der Waals surface area contributed by atoms with Crippen molar-refractivity contribution in [1.29, 1.82) is 0 Å². The van der Waals surface area contributed by atoms with Gasteiger partial charge in [-0.25, -0.2) is 4.98 Å². The summed E-state index contributed by atoms with van der Waals surface area (Å²) in [5.74, 6) is 1.40. The Labute approximate surface area is 141 Å². The van der Waals surface area contributed by atoms with Crippen molar-refractivity contribution in [1.82, 2.24) is 4.98 Å². The summed E-state index contributed by atoms with van der Waals surface area (Å²) in [6.45, 7) is 8.29. The van der Waals surface area contributed by atoms with Crippen LogP contribution in [0, 0.1) is 5.92 Å². The first-order valence-electron chi connectivity index (χ1n) is 7.91. The molecule has 2 rings (SSSR count). The number of aromatic nitrogens is 1. The van der Waals surface area contributed by atoms with Gasteiger partial charge >= 0.3 is 0 Å². The monoisotopic (exact) mass is 332 g/mol. The minimum atomic E-state index is 0.00107. The van der Waals surface area contributed by atoms with Gasteiger partial charge in [-0.05, 0) is 43.4 Å². The summed E-state index contributed by atoms with van der Waals surface area (Å²) < 4.78 is 5.67. The van der Waals surface area contributed by atoms with Crippen LogP contribution in [0.25, 0.3) is 0 Å². The van der Waals surface area contributed by atoms with Crippen LogP contribution in [0.15, 0.2) is 35.8 Å². The van der Waals surface area contributed by atoms with Crippen LogP contribution in [0.4, 0.5) is 5.13 Å².